The number of carbonyl (C=O) groups excluding carboxylic acids is 1. The molecule has 17 heavy (non-hydrogen) atoms. The molecule has 0 saturated heterocycles. The van der Waals surface area contributed by atoms with Crippen LogP contribution in [0.15, 0.2) is 29.2 Å². The number of thioether (sulfide) groups is 1. The lowest BCUT2D eigenvalue weighted by Gasteiger charge is -2.13. The molecule has 0 aliphatic heterocycles. The molecule has 0 aliphatic rings. The second-order valence-electron chi connectivity index (χ2n) is 3.69. The van der Waals surface area contributed by atoms with Gasteiger partial charge in [0.1, 0.15) is 5.75 Å². The van der Waals surface area contributed by atoms with E-state index in [0.717, 1.165) is 17.1 Å². The molecule has 0 saturated carbocycles. The number of carbonyl (C=O) groups is 1. The normalized spacial score (nSPS) is 11.9. The van der Waals surface area contributed by atoms with Crippen molar-refractivity contribution in [1.29, 1.82) is 0 Å². The smallest absolute Gasteiger partial charge is 0.233 e. The monoisotopic (exact) mass is 254 g/mol. The van der Waals surface area contributed by atoms with Crippen molar-refractivity contribution < 1.29 is 9.53 Å². The lowest BCUT2D eigenvalue weighted by Crippen LogP contribution is -2.30. The second kappa shape index (κ2) is 7.19. The lowest BCUT2D eigenvalue weighted by atomic mass is 10.2. The van der Waals surface area contributed by atoms with E-state index >= 15 is 0 Å². The highest BCUT2D eigenvalue weighted by Gasteiger charge is 2.10. The Balaban J connectivity index is 2.50. The van der Waals surface area contributed by atoms with Gasteiger partial charge in [-0.3, -0.25) is 10.2 Å². The fourth-order valence-corrected chi connectivity index (χ4v) is 2.49. The van der Waals surface area contributed by atoms with Crippen LogP contribution in [0.1, 0.15) is 19.8 Å². The van der Waals surface area contributed by atoms with Gasteiger partial charge in [-0.2, -0.15) is 0 Å². The first-order valence-electron chi connectivity index (χ1n) is 5.46. The van der Waals surface area contributed by atoms with Crippen molar-refractivity contribution in [2.24, 2.45) is 5.84 Å². The van der Waals surface area contributed by atoms with E-state index in [4.69, 9.17) is 10.6 Å². The molecule has 1 aromatic carbocycles. The Hall–Kier alpha value is -1.20. The number of hydrogen-bond donors (Lipinski definition) is 2. The van der Waals surface area contributed by atoms with Crippen molar-refractivity contribution in [1.82, 2.24) is 5.43 Å². The third kappa shape index (κ3) is 4.66. The molecule has 0 radical (unpaired) electrons. The van der Waals surface area contributed by atoms with E-state index in [1.54, 1.807) is 18.9 Å². The molecule has 4 nitrogen and oxygen atoms in total. The summed E-state index contributed by atoms with van der Waals surface area (Å²) in [5.41, 5.74) is 2.13. The predicted molar refractivity (Wildman–Crippen MR) is 69.9 cm³/mol. The highest BCUT2D eigenvalue weighted by molar-refractivity contribution is 8.00. The van der Waals surface area contributed by atoms with Crippen LogP contribution in [-0.2, 0) is 4.79 Å². The van der Waals surface area contributed by atoms with Crippen LogP contribution in [0.4, 0.5) is 0 Å². The summed E-state index contributed by atoms with van der Waals surface area (Å²) in [6, 6.07) is 7.87. The number of benzene rings is 1. The van der Waals surface area contributed by atoms with E-state index in [1.165, 1.54) is 0 Å². The minimum Gasteiger partial charge on any atom is -0.496 e. The van der Waals surface area contributed by atoms with Gasteiger partial charge in [-0.25, -0.2) is 5.84 Å². The number of nitrogens with one attached hydrogen (secondary N) is 1. The highest BCUT2D eigenvalue weighted by Crippen LogP contribution is 2.33. The fourth-order valence-electron chi connectivity index (χ4n) is 1.40. The Morgan fingerprint density at radius 2 is 2.24 bits per heavy atom. The van der Waals surface area contributed by atoms with Crippen LogP contribution < -0.4 is 16.0 Å². The molecule has 0 heterocycles. The summed E-state index contributed by atoms with van der Waals surface area (Å²) in [5.74, 6) is 5.77. The number of ether oxygens (including phenoxy) is 1. The van der Waals surface area contributed by atoms with E-state index < -0.39 is 0 Å². The number of para-hydroxylation sites is 1. The van der Waals surface area contributed by atoms with Gasteiger partial charge in [-0.15, -0.1) is 11.8 Å². The molecule has 1 atom stereocenters. The van der Waals surface area contributed by atoms with Crippen LogP contribution in [-0.4, -0.2) is 18.3 Å². The van der Waals surface area contributed by atoms with E-state index in [9.17, 15) is 4.79 Å². The first kappa shape index (κ1) is 13.9. The average molecular weight is 254 g/mol. The minimum atomic E-state index is -0.127. The van der Waals surface area contributed by atoms with E-state index in [2.05, 4.69) is 12.3 Å². The standard InChI is InChI=1S/C12H18N2O2S/c1-9(7-8-12(15)14-13)17-11-6-4-3-5-10(11)16-2/h3-6,9H,7-8,13H2,1-2H3,(H,14,15). The fraction of sp³-hybridized carbons (Fsp3) is 0.417. The van der Waals surface area contributed by atoms with Gasteiger partial charge in [0.25, 0.3) is 0 Å². The topological polar surface area (TPSA) is 64.3 Å². The summed E-state index contributed by atoms with van der Waals surface area (Å²) < 4.78 is 5.27. The Morgan fingerprint density at radius 3 is 2.88 bits per heavy atom. The van der Waals surface area contributed by atoms with Crippen molar-refractivity contribution in [3.05, 3.63) is 24.3 Å². The van der Waals surface area contributed by atoms with Gasteiger partial charge in [-0.1, -0.05) is 19.1 Å². The summed E-state index contributed by atoms with van der Waals surface area (Å²) in [6.45, 7) is 2.08. The Bertz CT molecular complexity index is 371. The zero-order valence-electron chi connectivity index (χ0n) is 10.1. The summed E-state index contributed by atoms with van der Waals surface area (Å²) in [6.07, 6.45) is 1.23. The Labute approximate surface area is 106 Å². The zero-order valence-corrected chi connectivity index (χ0v) is 10.9. The van der Waals surface area contributed by atoms with E-state index in [1.807, 2.05) is 24.3 Å². The van der Waals surface area contributed by atoms with Gasteiger partial charge in [0.2, 0.25) is 5.91 Å². The molecular weight excluding hydrogens is 236 g/mol. The van der Waals surface area contributed by atoms with Gasteiger partial charge in [0.15, 0.2) is 0 Å². The SMILES string of the molecule is COc1ccccc1SC(C)CCC(=O)NN. The van der Waals surface area contributed by atoms with Gasteiger partial charge >= 0.3 is 0 Å². The van der Waals surface area contributed by atoms with E-state index in [-0.39, 0.29) is 5.91 Å². The Morgan fingerprint density at radius 1 is 1.53 bits per heavy atom. The van der Waals surface area contributed by atoms with Crippen molar-refractivity contribution in [3.63, 3.8) is 0 Å². The van der Waals surface area contributed by atoms with Crippen LogP contribution in [0.5, 0.6) is 5.75 Å². The maximum atomic E-state index is 11.0. The zero-order chi connectivity index (χ0) is 12.7. The minimum absolute atomic E-state index is 0.127. The molecule has 1 rings (SSSR count). The number of hydrazine groups is 1. The molecule has 0 bridgehead atoms. The maximum Gasteiger partial charge on any atom is 0.233 e. The van der Waals surface area contributed by atoms with Gasteiger partial charge in [0.05, 0.1) is 7.11 Å². The second-order valence-corrected chi connectivity index (χ2v) is 5.17. The summed E-state index contributed by atoms with van der Waals surface area (Å²) >= 11 is 1.70. The molecule has 0 aromatic heterocycles. The van der Waals surface area contributed by atoms with Crippen LogP contribution in [0, 0.1) is 0 Å². The molecule has 1 amide bonds. The highest BCUT2D eigenvalue weighted by atomic mass is 32.2. The van der Waals surface area contributed by atoms with Crippen LogP contribution in [0.3, 0.4) is 0 Å². The number of hydrogen-bond acceptors (Lipinski definition) is 4. The number of nitrogens with two attached hydrogens (primary N) is 1. The molecule has 0 spiro atoms. The average Bonchev–Trinajstić information content (AvgIpc) is 2.36. The first-order chi connectivity index (χ1) is 8.17. The molecule has 3 N–H and O–H groups in total. The molecule has 0 fully saturated rings. The van der Waals surface area contributed by atoms with Crippen LogP contribution in [0.2, 0.25) is 0 Å². The molecule has 1 unspecified atom stereocenters. The van der Waals surface area contributed by atoms with Gasteiger partial charge in [0, 0.05) is 16.6 Å². The number of methoxy groups -OCH3 is 1. The van der Waals surface area contributed by atoms with Crippen molar-refractivity contribution >= 4 is 17.7 Å². The van der Waals surface area contributed by atoms with Gasteiger partial charge < -0.3 is 4.74 Å². The molecule has 0 aliphatic carbocycles. The number of rotatable bonds is 6. The third-order valence-electron chi connectivity index (χ3n) is 2.34. The molecular formula is C12H18N2O2S. The molecule has 1 aromatic rings. The van der Waals surface area contributed by atoms with Crippen molar-refractivity contribution in [2.75, 3.05) is 7.11 Å². The Kier molecular flexibility index (Phi) is 5.86. The maximum absolute atomic E-state index is 11.0. The third-order valence-corrected chi connectivity index (χ3v) is 3.57. The summed E-state index contributed by atoms with van der Waals surface area (Å²) in [5, 5.41) is 0.337. The van der Waals surface area contributed by atoms with Crippen LogP contribution >= 0.6 is 11.8 Å². The summed E-state index contributed by atoms with van der Waals surface area (Å²) in [4.78, 5) is 12.1. The van der Waals surface area contributed by atoms with Crippen molar-refractivity contribution in [3.8, 4) is 5.75 Å². The quantitative estimate of drug-likeness (QED) is 0.352. The number of amides is 1. The van der Waals surface area contributed by atoms with Gasteiger partial charge in [-0.05, 0) is 18.6 Å². The van der Waals surface area contributed by atoms with E-state index in [0.29, 0.717) is 11.7 Å². The summed E-state index contributed by atoms with van der Waals surface area (Å²) in [7, 11) is 1.66. The molecule has 5 heteroatoms. The predicted octanol–water partition coefficient (Wildman–Crippen LogP) is 1.95. The lowest BCUT2D eigenvalue weighted by molar-refractivity contribution is -0.121. The van der Waals surface area contributed by atoms with Crippen LogP contribution in [0.25, 0.3) is 0 Å². The van der Waals surface area contributed by atoms with Crippen molar-refractivity contribution in [2.45, 2.75) is 29.9 Å². The molecule has 94 valence electrons. The first-order valence-corrected chi connectivity index (χ1v) is 6.34. The largest absolute Gasteiger partial charge is 0.496 e.